The standard InChI is InChI=1S/C15H7N3O2/c16-8-10-5-6-18-14(7-10)20-15-11-3-1-2-4-12(11)19-13(15)9-17/h1-7H. The number of hydrogen-bond donors (Lipinski definition) is 0. The van der Waals surface area contributed by atoms with Crippen LogP contribution in [0.1, 0.15) is 11.3 Å². The van der Waals surface area contributed by atoms with Crippen LogP contribution in [-0.2, 0) is 0 Å². The molecule has 0 atom stereocenters. The Labute approximate surface area is 114 Å². The fraction of sp³-hybridized carbons (Fsp3) is 0. The predicted octanol–water partition coefficient (Wildman–Crippen LogP) is 3.36. The van der Waals surface area contributed by atoms with Gasteiger partial charge in [-0.1, -0.05) is 12.1 Å². The average Bonchev–Trinajstić information content (AvgIpc) is 2.85. The van der Waals surface area contributed by atoms with Gasteiger partial charge in [0.2, 0.25) is 11.6 Å². The summed E-state index contributed by atoms with van der Waals surface area (Å²) in [6, 6.07) is 14.2. The van der Waals surface area contributed by atoms with Gasteiger partial charge in [-0.2, -0.15) is 10.5 Å². The maximum atomic E-state index is 9.10. The van der Waals surface area contributed by atoms with Crippen molar-refractivity contribution < 1.29 is 9.15 Å². The molecule has 0 saturated carbocycles. The van der Waals surface area contributed by atoms with Crippen LogP contribution in [-0.4, -0.2) is 4.98 Å². The van der Waals surface area contributed by atoms with E-state index in [9.17, 15) is 0 Å². The number of rotatable bonds is 2. The van der Waals surface area contributed by atoms with Crippen LogP contribution in [0.3, 0.4) is 0 Å². The Morgan fingerprint density at radius 2 is 1.95 bits per heavy atom. The van der Waals surface area contributed by atoms with E-state index in [4.69, 9.17) is 19.7 Å². The van der Waals surface area contributed by atoms with E-state index in [1.807, 2.05) is 24.3 Å². The third kappa shape index (κ3) is 1.94. The molecule has 20 heavy (non-hydrogen) atoms. The molecule has 0 amide bonds. The molecule has 0 aliphatic rings. The van der Waals surface area contributed by atoms with Gasteiger partial charge in [-0.15, -0.1) is 0 Å². The first-order valence-corrected chi connectivity index (χ1v) is 5.77. The van der Waals surface area contributed by atoms with Crippen molar-refractivity contribution in [1.82, 2.24) is 4.98 Å². The monoisotopic (exact) mass is 261 g/mol. The van der Waals surface area contributed by atoms with Crippen molar-refractivity contribution in [3.05, 3.63) is 53.9 Å². The highest BCUT2D eigenvalue weighted by atomic mass is 16.5. The van der Waals surface area contributed by atoms with Gasteiger partial charge in [-0.3, -0.25) is 0 Å². The van der Waals surface area contributed by atoms with Gasteiger partial charge in [0.05, 0.1) is 17.0 Å². The normalized spacial score (nSPS) is 9.90. The van der Waals surface area contributed by atoms with Gasteiger partial charge >= 0.3 is 0 Å². The van der Waals surface area contributed by atoms with Crippen molar-refractivity contribution >= 4 is 11.0 Å². The number of pyridine rings is 1. The van der Waals surface area contributed by atoms with Crippen molar-refractivity contribution in [3.8, 4) is 23.8 Å². The number of furan rings is 1. The highest BCUT2D eigenvalue weighted by Crippen LogP contribution is 2.35. The molecule has 5 heteroatoms. The third-order valence-corrected chi connectivity index (χ3v) is 2.72. The minimum absolute atomic E-state index is 0.0790. The van der Waals surface area contributed by atoms with Gasteiger partial charge in [0, 0.05) is 12.3 Å². The van der Waals surface area contributed by atoms with E-state index < -0.39 is 0 Å². The molecule has 0 bridgehead atoms. The molecule has 0 spiro atoms. The smallest absolute Gasteiger partial charge is 0.247 e. The zero-order chi connectivity index (χ0) is 13.9. The van der Waals surface area contributed by atoms with E-state index in [0.29, 0.717) is 22.3 Å². The number of para-hydroxylation sites is 1. The lowest BCUT2D eigenvalue weighted by molar-refractivity contribution is 0.450. The quantitative estimate of drug-likeness (QED) is 0.706. The predicted molar refractivity (Wildman–Crippen MR) is 70.0 cm³/mol. The summed E-state index contributed by atoms with van der Waals surface area (Å²) in [6.07, 6.45) is 1.47. The Morgan fingerprint density at radius 3 is 2.75 bits per heavy atom. The molecule has 0 unspecified atom stereocenters. The number of nitrogens with zero attached hydrogens (tertiary/aromatic N) is 3. The number of ether oxygens (including phenoxy) is 1. The van der Waals surface area contributed by atoms with Gasteiger partial charge in [-0.05, 0) is 18.2 Å². The summed E-state index contributed by atoms with van der Waals surface area (Å²) in [5.74, 6) is 0.633. The Bertz CT molecular complexity index is 869. The summed E-state index contributed by atoms with van der Waals surface area (Å²) in [7, 11) is 0. The molecular formula is C15H7N3O2. The number of nitriles is 2. The first kappa shape index (κ1) is 11.8. The van der Waals surface area contributed by atoms with Gasteiger partial charge in [0.15, 0.2) is 5.75 Å². The molecule has 0 saturated heterocycles. The van der Waals surface area contributed by atoms with Crippen molar-refractivity contribution in [3.63, 3.8) is 0 Å². The van der Waals surface area contributed by atoms with E-state index in [1.54, 1.807) is 18.2 Å². The van der Waals surface area contributed by atoms with Crippen LogP contribution in [0, 0.1) is 22.7 Å². The fourth-order valence-corrected chi connectivity index (χ4v) is 1.84. The SMILES string of the molecule is N#Cc1ccnc(Oc2c(C#N)oc3ccccc23)c1. The topological polar surface area (TPSA) is 82.8 Å². The Balaban J connectivity index is 2.10. The molecule has 0 radical (unpaired) electrons. The molecule has 94 valence electrons. The van der Waals surface area contributed by atoms with Gasteiger partial charge in [-0.25, -0.2) is 4.98 Å². The van der Waals surface area contributed by atoms with Crippen molar-refractivity contribution in [2.75, 3.05) is 0 Å². The second-order valence-electron chi connectivity index (χ2n) is 3.96. The largest absolute Gasteiger partial charge is 0.442 e. The van der Waals surface area contributed by atoms with E-state index in [-0.39, 0.29) is 11.6 Å². The second kappa shape index (κ2) is 4.75. The van der Waals surface area contributed by atoms with E-state index in [1.165, 1.54) is 12.3 Å². The van der Waals surface area contributed by atoms with E-state index in [2.05, 4.69) is 4.98 Å². The number of fused-ring (bicyclic) bond motifs is 1. The molecule has 2 heterocycles. The lowest BCUT2D eigenvalue weighted by Gasteiger charge is -2.02. The first-order valence-electron chi connectivity index (χ1n) is 5.77. The molecule has 0 aliphatic heterocycles. The molecular weight excluding hydrogens is 254 g/mol. The second-order valence-corrected chi connectivity index (χ2v) is 3.96. The van der Waals surface area contributed by atoms with Gasteiger partial charge < -0.3 is 9.15 Å². The highest BCUT2D eigenvalue weighted by molar-refractivity contribution is 5.86. The van der Waals surface area contributed by atoms with Crippen LogP contribution in [0.25, 0.3) is 11.0 Å². The average molecular weight is 261 g/mol. The summed E-state index contributed by atoms with van der Waals surface area (Å²) in [6.45, 7) is 0. The van der Waals surface area contributed by atoms with Gasteiger partial charge in [0.25, 0.3) is 0 Å². The molecule has 2 aromatic heterocycles. The van der Waals surface area contributed by atoms with Crippen LogP contribution in [0.2, 0.25) is 0 Å². The highest BCUT2D eigenvalue weighted by Gasteiger charge is 2.16. The Kier molecular flexibility index (Phi) is 2.80. The summed E-state index contributed by atoms with van der Waals surface area (Å²) in [5.41, 5.74) is 0.997. The maximum Gasteiger partial charge on any atom is 0.247 e. The van der Waals surface area contributed by atoms with Crippen LogP contribution in [0.4, 0.5) is 0 Å². The summed E-state index contributed by atoms with van der Waals surface area (Å²) < 4.78 is 11.0. The molecule has 3 rings (SSSR count). The van der Waals surface area contributed by atoms with Crippen LogP contribution >= 0.6 is 0 Å². The van der Waals surface area contributed by atoms with E-state index in [0.717, 1.165) is 0 Å². The summed E-state index contributed by atoms with van der Waals surface area (Å²) >= 11 is 0. The zero-order valence-corrected chi connectivity index (χ0v) is 10.2. The maximum absolute atomic E-state index is 9.10. The lowest BCUT2D eigenvalue weighted by Crippen LogP contribution is -1.89. The number of benzene rings is 1. The molecule has 0 fully saturated rings. The molecule has 3 aromatic rings. The fourth-order valence-electron chi connectivity index (χ4n) is 1.84. The van der Waals surface area contributed by atoms with Crippen molar-refractivity contribution in [1.29, 1.82) is 10.5 Å². The number of hydrogen-bond acceptors (Lipinski definition) is 5. The van der Waals surface area contributed by atoms with Crippen molar-refractivity contribution in [2.45, 2.75) is 0 Å². The summed E-state index contributed by atoms with van der Waals surface area (Å²) in [5, 5.41) is 18.6. The number of aromatic nitrogens is 1. The van der Waals surface area contributed by atoms with Crippen LogP contribution < -0.4 is 4.74 Å². The minimum Gasteiger partial charge on any atom is -0.442 e. The Hall–Kier alpha value is -3.31. The molecule has 5 nitrogen and oxygen atoms in total. The van der Waals surface area contributed by atoms with Gasteiger partial charge in [0.1, 0.15) is 11.7 Å². The minimum atomic E-state index is 0.0790. The van der Waals surface area contributed by atoms with Crippen LogP contribution in [0.15, 0.2) is 47.0 Å². The molecule has 0 aliphatic carbocycles. The van der Waals surface area contributed by atoms with E-state index >= 15 is 0 Å². The molecule has 0 N–H and O–H groups in total. The summed E-state index contributed by atoms with van der Waals surface area (Å²) in [4.78, 5) is 4.02. The van der Waals surface area contributed by atoms with Crippen molar-refractivity contribution in [2.24, 2.45) is 0 Å². The zero-order valence-electron chi connectivity index (χ0n) is 10.2. The van der Waals surface area contributed by atoms with Crippen LogP contribution in [0.5, 0.6) is 11.6 Å². The first-order chi connectivity index (χ1) is 9.81. The third-order valence-electron chi connectivity index (χ3n) is 2.72. The molecule has 1 aromatic carbocycles. The lowest BCUT2D eigenvalue weighted by atomic mass is 10.2. The Morgan fingerprint density at radius 1 is 1.10 bits per heavy atom.